The maximum atomic E-state index is 12.0. The Hall–Kier alpha value is 0.0900. The van der Waals surface area contributed by atoms with E-state index in [0.717, 1.165) is 15.8 Å². The summed E-state index contributed by atoms with van der Waals surface area (Å²) in [6, 6.07) is 1.69. The second-order valence-corrected chi connectivity index (χ2v) is 9.59. The first-order valence-electron chi connectivity index (χ1n) is 5.37. The number of sulfonamides is 1. The molecule has 0 atom stereocenters. The summed E-state index contributed by atoms with van der Waals surface area (Å²) in [5.74, 6) is 0. The minimum absolute atomic E-state index is 0.133. The molecule has 1 rings (SSSR count). The number of halogens is 1. The van der Waals surface area contributed by atoms with E-state index >= 15 is 0 Å². The first-order chi connectivity index (χ1) is 7.62. The van der Waals surface area contributed by atoms with Crippen LogP contribution in [0.1, 0.15) is 32.8 Å². The lowest BCUT2D eigenvalue weighted by molar-refractivity contribution is 0.378. The number of rotatable bonds is 4. The van der Waals surface area contributed by atoms with Gasteiger partial charge in [-0.05, 0) is 46.3 Å². The summed E-state index contributed by atoms with van der Waals surface area (Å²) in [5, 5.41) is 0. The van der Waals surface area contributed by atoms with Gasteiger partial charge in [0.2, 0.25) is 10.0 Å². The number of nitrogens with one attached hydrogen (secondary N) is 1. The SMILES string of the molecule is Cc1cc(S(=O)(=O)NCCC(C)(C)C)sc1Br. The third-order valence-corrected chi connectivity index (χ3v) is 6.34. The standard InChI is InChI=1S/C11H18BrNO2S2/c1-8-7-9(16-10(8)12)17(14,15)13-6-5-11(2,3)4/h7,13H,5-6H2,1-4H3. The van der Waals surface area contributed by atoms with E-state index in [1.165, 1.54) is 11.3 Å². The first-order valence-corrected chi connectivity index (χ1v) is 8.47. The zero-order valence-electron chi connectivity index (χ0n) is 10.5. The van der Waals surface area contributed by atoms with E-state index in [4.69, 9.17) is 0 Å². The molecule has 17 heavy (non-hydrogen) atoms. The van der Waals surface area contributed by atoms with Gasteiger partial charge in [-0.2, -0.15) is 0 Å². The number of hydrogen-bond donors (Lipinski definition) is 1. The number of hydrogen-bond acceptors (Lipinski definition) is 3. The van der Waals surface area contributed by atoms with Crippen molar-refractivity contribution >= 4 is 37.3 Å². The smallest absolute Gasteiger partial charge is 0.210 e. The Kier molecular flexibility index (Phi) is 4.80. The first kappa shape index (κ1) is 15.1. The lowest BCUT2D eigenvalue weighted by atomic mass is 9.93. The molecule has 1 aromatic heterocycles. The molecule has 1 N–H and O–H groups in total. The maximum Gasteiger partial charge on any atom is 0.250 e. The van der Waals surface area contributed by atoms with Crippen molar-refractivity contribution in [3.8, 4) is 0 Å². The monoisotopic (exact) mass is 339 g/mol. The number of aryl methyl sites for hydroxylation is 1. The van der Waals surface area contributed by atoms with Crippen molar-refractivity contribution < 1.29 is 8.42 Å². The molecule has 0 saturated heterocycles. The molecule has 0 spiro atoms. The fourth-order valence-corrected chi connectivity index (χ4v) is 4.50. The predicted molar refractivity (Wildman–Crippen MR) is 76.0 cm³/mol. The fraction of sp³-hybridized carbons (Fsp3) is 0.636. The molecular formula is C11H18BrNO2S2. The largest absolute Gasteiger partial charge is 0.250 e. The fourth-order valence-electron chi connectivity index (χ4n) is 1.20. The molecule has 6 heteroatoms. The van der Waals surface area contributed by atoms with E-state index in [1.54, 1.807) is 6.07 Å². The highest BCUT2D eigenvalue weighted by Gasteiger charge is 2.19. The third kappa shape index (κ3) is 4.69. The van der Waals surface area contributed by atoms with Crippen LogP contribution >= 0.6 is 27.3 Å². The van der Waals surface area contributed by atoms with Crippen molar-refractivity contribution in [2.45, 2.75) is 38.3 Å². The van der Waals surface area contributed by atoms with E-state index in [0.29, 0.717) is 10.8 Å². The topological polar surface area (TPSA) is 46.2 Å². The Morgan fingerprint density at radius 3 is 2.41 bits per heavy atom. The Bertz CT molecular complexity index is 467. The Balaban J connectivity index is 2.70. The van der Waals surface area contributed by atoms with Crippen LogP contribution in [0.5, 0.6) is 0 Å². The molecule has 1 aromatic rings. The van der Waals surface area contributed by atoms with E-state index in [9.17, 15) is 8.42 Å². The minimum atomic E-state index is -3.35. The molecule has 3 nitrogen and oxygen atoms in total. The van der Waals surface area contributed by atoms with Gasteiger partial charge in [-0.3, -0.25) is 0 Å². The zero-order chi connectivity index (χ0) is 13.3. The summed E-state index contributed by atoms with van der Waals surface area (Å²) < 4.78 is 27.8. The quantitative estimate of drug-likeness (QED) is 0.911. The van der Waals surface area contributed by atoms with Gasteiger partial charge in [-0.15, -0.1) is 11.3 Å². The summed E-state index contributed by atoms with van der Waals surface area (Å²) in [6.45, 7) is 8.63. The summed E-state index contributed by atoms with van der Waals surface area (Å²) in [4.78, 5) is 0. The lowest BCUT2D eigenvalue weighted by Gasteiger charge is -2.17. The predicted octanol–water partition coefficient (Wildman–Crippen LogP) is 3.53. The van der Waals surface area contributed by atoms with Crippen LogP contribution in [0.15, 0.2) is 14.1 Å². The van der Waals surface area contributed by atoms with Crippen LogP contribution in [0.25, 0.3) is 0 Å². The second-order valence-electron chi connectivity index (χ2n) is 5.23. The molecule has 0 fully saturated rings. The minimum Gasteiger partial charge on any atom is -0.210 e. The van der Waals surface area contributed by atoms with Gasteiger partial charge in [0, 0.05) is 6.54 Å². The molecule has 0 aliphatic carbocycles. The molecule has 0 amide bonds. The third-order valence-electron chi connectivity index (χ3n) is 2.27. The van der Waals surface area contributed by atoms with Crippen LogP contribution in [0.2, 0.25) is 0 Å². The van der Waals surface area contributed by atoms with Gasteiger partial charge >= 0.3 is 0 Å². The highest BCUT2D eigenvalue weighted by molar-refractivity contribution is 9.11. The van der Waals surface area contributed by atoms with Gasteiger partial charge in [-0.25, -0.2) is 13.1 Å². The summed E-state index contributed by atoms with van der Waals surface area (Å²) in [5.41, 5.74) is 1.08. The van der Waals surface area contributed by atoms with Crippen molar-refractivity contribution in [2.75, 3.05) is 6.54 Å². The molecule has 98 valence electrons. The van der Waals surface area contributed by atoms with Crippen LogP contribution in [0, 0.1) is 12.3 Å². The van der Waals surface area contributed by atoms with Gasteiger partial charge < -0.3 is 0 Å². The van der Waals surface area contributed by atoms with Crippen LogP contribution in [0.4, 0.5) is 0 Å². The summed E-state index contributed by atoms with van der Waals surface area (Å²) in [7, 11) is -3.35. The van der Waals surface area contributed by atoms with Crippen molar-refractivity contribution in [2.24, 2.45) is 5.41 Å². The van der Waals surface area contributed by atoms with Crippen molar-refractivity contribution in [1.29, 1.82) is 0 Å². The highest BCUT2D eigenvalue weighted by Crippen LogP contribution is 2.30. The van der Waals surface area contributed by atoms with Gasteiger partial charge in [0.15, 0.2) is 0 Å². The Morgan fingerprint density at radius 1 is 1.41 bits per heavy atom. The van der Waals surface area contributed by atoms with E-state index in [-0.39, 0.29) is 5.41 Å². The van der Waals surface area contributed by atoms with Crippen molar-refractivity contribution in [1.82, 2.24) is 4.72 Å². The van der Waals surface area contributed by atoms with Crippen LogP contribution in [-0.2, 0) is 10.0 Å². The Morgan fingerprint density at radius 2 is 2.00 bits per heavy atom. The van der Waals surface area contributed by atoms with Gasteiger partial charge in [0.1, 0.15) is 4.21 Å². The molecular weight excluding hydrogens is 322 g/mol. The molecule has 0 radical (unpaired) electrons. The van der Waals surface area contributed by atoms with E-state index < -0.39 is 10.0 Å². The molecule has 0 bridgehead atoms. The van der Waals surface area contributed by atoms with Crippen LogP contribution in [0.3, 0.4) is 0 Å². The lowest BCUT2D eigenvalue weighted by Crippen LogP contribution is -2.26. The normalized spacial score (nSPS) is 13.0. The van der Waals surface area contributed by atoms with E-state index in [2.05, 4.69) is 41.4 Å². The van der Waals surface area contributed by atoms with Crippen molar-refractivity contribution in [3.63, 3.8) is 0 Å². The van der Waals surface area contributed by atoms with Crippen molar-refractivity contribution in [3.05, 3.63) is 15.4 Å². The molecule has 0 saturated carbocycles. The Labute approximate surface area is 116 Å². The second kappa shape index (κ2) is 5.38. The molecule has 1 heterocycles. The maximum absolute atomic E-state index is 12.0. The van der Waals surface area contributed by atoms with Crippen LogP contribution in [-0.4, -0.2) is 15.0 Å². The molecule has 0 aromatic carbocycles. The zero-order valence-corrected chi connectivity index (χ0v) is 13.7. The van der Waals surface area contributed by atoms with Gasteiger partial charge in [-0.1, -0.05) is 20.8 Å². The molecule has 0 aliphatic heterocycles. The average Bonchev–Trinajstić information content (AvgIpc) is 2.45. The number of thiophene rings is 1. The average molecular weight is 340 g/mol. The molecule has 0 unspecified atom stereocenters. The summed E-state index contributed by atoms with van der Waals surface area (Å²) in [6.07, 6.45) is 0.817. The van der Waals surface area contributed by atoms with Crippen LogP contribution < -0.4 is 4.72 Å². The van der Waals surface area contributed by atoms with E-state index in [1.807, 2.05) is 6.92 Å². The molecule has 0 aliphatic rings. The highest BCUT2D eigenvalue weighted by atomic mass is 79.9. The van der Waals surface area contributed by atoms with Gasteiger partial charge in [0.05, 0.1) is 3.79 Å². The summed E-state index contributed by atoms with van der Waals surface area (Å²) >= 11 is 4.58. The van der Waals surface area contributed by atoms with Gasteiger partial charge in [0.25, 0.3) is 0 Å².